The first-order chi connectivity index (χ1) is 14.0. The fraction of sp³-hybridized carbons (Fsp3) is 0.333. The van der Waals surface area contributed by atoms with E-state index in [1.54, 1.807) is 12.5 Å². The van der Waals surface area contributed by atoms with Crippen LogP contribution in [0.5, 0.6) is 0 Å². The number of anilines is 1. The van der Waals surface area contributed by atoms with Crippen molar-refractivity contribution in [3.05, 3.63) is 35.9 Å². The molecule has 8 heteroatoms. The highest BCUT2D eigenvalue weighted by atomic mass is 32.1. The van der Waals surface area contributed by atoms with Gasteiger partial charge in [-0.3, -0.25) is 9.78 Å². The zero-order chi connectivity index (χ0) is 20.1. The van der Waals surface area contributed by atoms with Gasteiger partial charge in [-0.05, 0) is 43.9 Å². The lowest BCUT2D eigenvalue weighted by atomic mass is 9.99. The van der Waals surface area contributed by atoms with E-state index in [2.05, 4.69) is 25.3 Å². The Balaban J connectivity index is 1.62. The van der Waals surface area contributed by atoms with Gasteiger partial charge in [0.15, 0.2) is 5.13 Å². The number of carbonyl (C=O) groups is 1. The van der Waals surface area contributed by atoms with E-state index >= 15 is 0 Å². The molecule has 1 fully saturated rings. The molecule has 0 radical (unpaired) electrons. The normalized spacial score (nSPS) is 15.1. The van der Waals surface area contributed by atoms with Crippen LogP contribution in [0.25, 0.3) is 32.4 Å². The Labute approximate surface area is 171 Å². The third-order valence-electron chi connectivity index (χ3n) is 5.38. The summed E-state index contributed by atoms with van der Waals surface area (Å²) in [6.07, 6.45) is 5.44. The summed E-state index contributed by atoms with van der Waals surface area (Å²) in [5, 5.41) is 13.6. The number of hydrogen-bond donors (Lipinski definition) is 3. The van der Waals surface area contributed by atoms with Crippen LogP contribution >= 0.6 is 11.3 Å². The van der Waals surface area contributed by atoms with Crippen molar-refractivity contribution in [1.29, 1.82) is 0 Å². The second kappa shape index (κ2) is 6.89. The van der Waals surface area contributed by atoms with Gasteiger partial charge in [0.1, 0.15) is 0 Å². The number of aryl methyl sites for hydroxylation is 1. The molecular formula is C21H21N5O2S. The summed E-state index contributed by atoms with van der Waals surface area (Å²) in [5.41, 5.74) is 6.13. The second-order valence-electron chi connectivity index (χ2n) is 7.53. The van der Waals surface area contributed by atoms with Gasteiger partial charge in [0.2, 0.25) is 5.91 Å². The fourth-order valence-electron chi connectivity index (χ4n) is 3.55. The number of imidazole rings is 1. The first-order valence-electron chi connectivity index (χ1n) is 9.77. The van der Waals surface area contributed by atoms with Crippen molar-refractivity contribution >= 4 is 43.6 Å². The number of thiazole rings is 1. The van der Waals surface area contributed by atoms with Crippen LogP contribution in [0.1, 0.15) is 43.5 Å². The van der Waals surface area contributed by atoms with Crippen LogP contribution in [0.3, 0.4) is 0 Å². The van der Waals surface area contributed by atoms with E-state index in [1.165, 1.54) is 11.3 Å². The van der Waals surface area contributed by atoms with Gasteiger partial charge in [0, 0.05) is 23.2 Å². The number of nitrogens with zero attached hydrogens (tertiary/aromatic N) is 3. The summed E-state index contributed by atoms with van der Waals surface area (Å²) in [5.74, 6) is 0.186. The van der Waals surface area contributed by atoms with Crippen molar-refractivity contribution < 1.29 is 9.90 Å². The number of H-pyrrole nitrogens is 1. The van der Waals surface area contributed by atoms with Crippen molar-refractivity contribution in [3.8, 4) is 11.1 Å². The molecule has 0 unspecified atom stereocenters. The molecule has 148 valence electrons. The Morgan fingerprint density at radius 2 is 2.17 bits per heavy atom. The molecule has 0 bridgehead atoms. The molecule has 29 heavy (non-hydrogen) atoms. The number of pyridine rings is 1. The van der Waals surface area contributed by atoms with Gasteiger partial charge in [-0.15, -0.1) is 0 Å². The maximum atomic E-state index is 12.1. The van der Waals surface area contributed by atoms with Crippen molar-refractivity contribution in [2.24, 2.45) is 5.92 Å². The monoisotopic (exact) mass is 407 g/mol. The van der Waals surface area contributed by atoms with E-state index < -0.39 is 6.10 Å². The summed E-state index contributed by atoms with van der Waals surface area (Å²) in [6.45, 7) is 3.94. The molecule has 0 saturated heterocycles. The van der Waals surface area contributed by atoms with Crippen LogP contribution < -0.4 is 5.32 Å². The number of rotatable bonds is 5. The number of hydrogen-bond acceptors (Lipinski definition) is 6. The van der Waals surface area contributed by atoms with Gasteiger partial charge in [-0.1, -0.05) is 18.3 Å². The van der Waals surface area contributed by atoms with E-state index in [0.717, 1.165) is 50.8 Å². The van der Waals surface area contributed by atoms with Gasteiger partial charge in [0.05, 0.1) is 39.4 Å². The average Bonchev–Trinajstić information content (AvgIpc) is 3.31. The Morgan fingerprint density at radius 3 is 2.90 bits per heavy atom. The summed E-state index contributed by atoms with van der Waals surface area (Å²) >= 11 is 1.46. The first-order valence-corrected chi connectivity index (χ1v) is 10.6. The number of fused-ring (bicyclic) bond motifs is 3. The molecule has 1 amide bonds. The van der Waals surface area contributed by atoms with Crippen molar-refractivity contribution in [1.82, 2.24) is 19.9 Å². The molecular weight excluding hydrogens is 386 g/mol. The molecule has 0 aliphatic heterocycles. The number of benzene rings is 1. The minimum absolute atomic E-state index is 0.0512. The highest BCUT2D eigenvalue weighted by Crippen LogP contribution is 2.39. The minimum Gasteiger partial charge on any atom is -0.387 e. The molecule has 3 heterocycles. The third-order valence-corrected chi connectivity index (χ3v) is 6.39. The molecule has 1 aliphatic carbocycles. The summed E-state index contributed by atoms with van der Waals surface area (Å²) in [4.78, 5) is 29.0. The first kappa shape index (κ1) is 18.2. The van der Waals surface area contributed by atoms with Crippen LogP contribution in [0.4, 0.5) is 5.13 Å². The van der Waals surface area contributed by atoms with Crippen LogP contribution in [-0.2, 0) is 4.79 Å². The molecule has 5 rings (SSSR count). The molecule has 1 aliphatic rings. The van der Waals surface area contributed by atoms with Gasteiger partial charge in [-0.2, -0.15) is 0 Å². The molecule has 4 aromatic rings. The SMILES string of the molecule is CC[C@H](O)c1cc(C)c(-c2cc3nc(NC(=O)C4CC4)sc3c3[nH]cnc23)cn1. The molecule has 1 atom stereocenters. The van der Waals surface area contributed by atoms with E-state index in [4.69, 9.17) is 0 Å². The number of nitrogens with one attached hydrogen (secondary N) is 2. The lowest BCUT2D eigenvalue weighted by Crippen LogP contribution is -2.12. The molecule has 3 N–H and O–H groups in total. The lowest BCUT2D eigenvalue weighted by molar-refractivity contribution is -0.117. The van der Waals surface area contributed by atoms with Crippen LogP contribution in [0.15, 0.2) is 24.7 Å². The maximum absolute atomic E-state index is 12.1. The van der Waals surface area contributed by atoms with Crippen LogP contribution in [0, 0.1) is 12.8 Å². The zero-order valence-electron chi connectivity index (χ0n) is 16.2. The van der Waals surface area contributed by atoms with E-state index in [1.807, 2.05) is 26.0 Å². The number of carbonyl (C=O) groups excluding carboxylic acids is 1. The fourth-order valence-corrected chi connectivity index (χ4v) is 4.50. The van der Waals surface area contributed by atoms with Crippen molar-refractivity contribution in [2.45, 2.75) is 39.2 Å². The predicted octanol–water partition coefficient (Wildman–Crippen LogP) is 4.33. The van der Waals surface area contributed by atoms with Gasteiger partial charge >= 0.3 is 0 Å². The van der Waals surface area contributed by atoms with Crippen molar-refractivity contribution in [2.75, 3.05) is 5.32 Å². The minimum atomic E-state index is -0.563. The predicted molar refractivity (Wildman–Crippen MR) is 114 cm³/mol. The number of amides is 1. The molecule has 3 aromatic heterocycles. The smallest absolute Gasteiger partial charge is 0.229 e. The third kappa shape index (κ3) is 3.18. The van der Waals surface area contributed by atoms with Gasteiger partial charge < -0.3 is 15.4 Å². The summed E-state index contributed by atoms with van der Waals surface area (Å²) < 4.78 is 0.969. The molecule has 1 aromatic carbocycles. The number of aliphatic hydroxyl groups is 1. The topological polar surface area (TPSA) is 104 Å². The van der Waals surface area contributed by atoms with Gasteiger partial charge in [0.25, 0.3) is 0 Å². The van der Waals surface area contributed by atoms with Crippen molar-refractivity contribution in [3.63, 3.8) is 0 Å². The molecule has 1 saturated carbocycles. The quantitative estimate of drug-likeness (QED) is 0.457. The average molecular weight is 407 g/mol. The van der Waals surface area contributed by atoms with Crippen LogP contribution in [0.2, 0.25) is 0 Å². The Hall–Kier alpha value is -2.84. The lowest BCUT2D eigenvalue weighted by Gasteiger charge is -2.12. The Kier molecular flexibility index (Phi) is 4.33. The number of aromatic amines is 1. The largest absolute Gasteiger partial charge is 0.387 e. The zero-order valence-corrected chi connectivity index (χ0v) is 17.0. The Morgan fingerprint density at radius 1 is 1.34 bits per heavy atom. The van der Waals surface area contributed by atoms with Gasteiger partial charge in [-0.25, -0.2) is 9.97 Å². The summed E-state index contributed by atoms with van der Waals surface area (Å²) in [6, 6.07) is 3.93. The number of aromatic nitrogens is 4. The standard InChI is InChI=1S/C21H21N5O2S/c1-3-16(27)14-6-10(2)13(8-22-14)12-7-15-19(18-17(12)23-9-24-18)29-21(25-15)26-20(28)11-4-5-11/h6-9,11,16,27H,3-5H2,1-2H3,(H,23,24)(H,25,26,28)/t16-/m0/s1. The highest BCUT2D eigenvalue weighted by molar-refractivity contribution is 7.23. The summed E-state index contributed by atoms with van der Waals surface area (Å²) in [7, 11) is 0. The number of aliphatic hydroxyl groups excluding tert-OH is 1. The van der Waals surface area contributed by atoms with Crippen LogP contribution in [-0.4, -0.2) is 30.9 Å². The maximum Gasteiger partial charge on any atom is 0.229 e. The van der Waals surface area contributed by atoms with E-state index in [9.17, 15) is 9.90 Å². The van der Waals surface area contributed by atoms with E-state index in [-0.39, 0.29) is 11.8 Å². The molecule has 7 nitrogen and oxygen atoms in total. The second-order valence-corrected chi connectivity index (χ2v) is 8.53. The van der Waals surface area contributed by atoms with E-state index in [0.29, 0.717) is 17.2 Å². The highest BCUT2D eigenvalue weighted by Gasteiger charge is 2.30. The Bertz CT molecular complexity index is 1240. The molecule has 0 spiro atoms.